The summed E-state index contributed by atoms with van der Waals surface area (Å²) in [6.07, 6.45) is 4.28. The Morgan fingerprint density at radius 1 is 1.30 bits per heavy atom. The second-order valence-electron chi connectivity index (χ2n) is 5.49. The summed E-state index contributed by atoms with van der Waals surface area (Å²) < 4.78 is 2.71. The van der Waals surface area contributed by atoms with Crippen LogP contribution in [0, 0.1) is 13.8 Å². The van der Waals surface area contributed by atoms with Gasteiger partial charge in [0.05, 0.1) is 10.2 Å². The van der Waals surface area contributed by atoms with E-state index in [1.165, 1.54) is 0 Å². The first-order valence-corrected chi connectivity index (χ1v) is 8.20. The number of halogens is 1. The van der Waals surface area contributed by atoms with Crippen LogP contribution in [0.3, 0.4) is 0 Å². The monoisotopic (exact) mass is 372 g/mol. The van der Waals surface area contributed by atoms with Crippen LogP contribution >= 0.6 is 15.9 Å². The summed E-state index contributed by atoms with van der Waals surface area (Å²) in [6.45, 7) is 5.94. The Morgan fingerprint density at radius 3 is 2.78 bits per heavy atom. The number of aromatic nitrogens is 3. The molecule has 0 unspecified atom stereocenters. The van der Waals surface area contributed by atoms with E-state index in [0.29, 0.717) is 17.9 Å². The number of anilines is 1. The molecule has 5 nitrogen and oxygen atoms in total. The van der Waals surface area contributed by atoms with E-state index in [1.807, 2.05) is 49.6 Å². The summed E-state index contributed by atoms with van der Waals surface area (Å²) in [5.74, 6) is 0.337. The molecule has 1 N–H and O–H groups in total. The number of imidazole rings is 1. The van der Waals surface area contributed by atoms with Gasteiger partial charge in [-0.2, -0.15) is 0 Å². The fraction of sp³-hybridized carbons (Fsp3) is 0.235. The van der Waals surface area contributed by atoms with Gasteiger partial charge in [0.25, 0.3) is 5.91 Å². The van der Waals surface area contributed by atoms with Gasteiger partial charge >= 0.3 is 0 Å². The minimum absolute atomic E-state index is 0.204. The molecule has 6 heteroatoms. The van der Waals surface area contributed by atoms with Crippen molar-refractivity contribution in [3.05, 3.63) is 57.6 Å². The number of rotatable bonds is 3. The normalized spacial score (nSPS) is 11.0. The zero-order valence-electron chi connectivity index (χ0n) is 13.2. The van der Waals surface area contributed by atoms with E-state index in [0.717, 1.165) is 26.9 Å². The first-order chi connectivity index (χ1) is 11.0. The Morgan fingerprint density at radius 2 is 2.09 bits per heavy atom. The fourth-order valence-electron chi connectivity index (χ4n) is 2.55. The number of nitrogens with one attached hydrogen (secondary N) is 1. The van der Waals surface area contributed by atoms with Crippen molar-refractivity contribution in [2.75, 3.05) is 5.32 Å². The van der Waals surface area contributed by atoms with Gasteiger partial charge in [0.1, 0.15) is 11.5 Å². The molecule has 0 atom stereocenters. The highest BCUT2D eigenvalue weighted by atomic mass is 79.9. The van der Waals surface area contributed by atoms with E-state index in [2.05, 4.69) is 31.2 Å². The highest BCUT2D eigenvalue weighted by Gasteiger charge is 2.20. The maximum atomic E-state index is 12.8. The summed E-state index contributed by atoms with van der Waals surface area (Å²) in [5, 5.41) is 2.86. The Bertz CT molecular complexity index is 901. The fourth-order valence-corrected chi connectivity index (χ4v) is 3.19. The lowest BCUT2D eigenvalue weighted by atomic mass is 10.2. The number of hydrogen-bond donors (Lipinski definition) is 1. The topological polar surface area (TPSA) is 59.3 Å². The third-order valence-electron chi connectivity index (χ3n) is 3.59. The van der Waals surface area contributed by atoms with Crippen LogP contribution in [0.2, 0.25) is 0 Å². The van der Waals surface area contributed by atoms with E-state index >= 15 is 0 Å². The first-order valence-electron chi connectivity index (χ1n) is 7.40. The predicted octanol–water partition coefficient (Wildman–Crippen LogP) is 3.92. The lowest BCUT2D eigenvalue weighted by molar-refractivity contribution is 0.102. The van der Waals surface area contributed by atoms with Gasteiger partial charge in [-0.3, -0.25) is 9.20 Å². The molecule has 0 bridgehead atoms. The molecule has 3 aromatic rings. The number of carbonyl (C=O) groups excluding carboxylic acids is 1. The van der Waals surface area contributed by atoms with Crippen molar-refractivity contribution in [1.82, 2.24) is 14.4 Å². The Hall–Kier alpha value is -2.21. The third-order valence-corrected chi connectivity index (χ3v) is 4.17. The van der Waals surface area contributed by atoms with Crippen LogP contribution in [0.25, 0.3) is 5.65 Å². The zero-order chi connectivity index (χ0) is 16.6. The Kier molecular flexibility index (Phi) is 4.17. The van der Waals surface area contributed by atoms with E-state index in [-0.39, 0.29) is 5.91 Å². The molecule has 118 valence electrons. The number of amides is 1. The number of pyridine rings is 2. The first kappa shape index (κ1) is 15.7. The van der Waals surface area contributed by atoms with Gasteiger partial charge in [-0.1, -0.05) is 6.92 Å². The van der Waals surface area contributed by atoms with Crippen LogP contribution in [0.15, 0.2) is 35.1 Å². The third kappa shape index (κ3) is 2.99. The number of aryl methyl sites for hydroxylation is 3. The van der Waals surface area contributed by atoms with Crippen LogP contribution < -0.4 is 5.32 Å². The van der Waals surface area contributed by atoms with Crippen molar-refractivity contribution in [3.8, 4) is 0 Å². The van der Waals surface area contributed by atoms with E-state index < -0.39 is 0 Å². The molecule has 3 heterocycles. The molecule has 0 radical (unpaired) electrons. The smallest absolute Gasteiger partial charge is 0.275 e. The van der Waals surface area contributed by atoms with Crippen molar-refractivity contribution in [2.24, 2.45) is 0 Å². The Balaban J connectivity index is 2.09. The maximum absolute atomic E-state index is 12.8. The van der Waals surface area contributed by atoms with Crippen LogP contribution in [-0.4, -0.2) is 20.3 Å². The van der Waals surface area contributed by atoms with Gasteiger partial charge in [0.15, 0.2) is 5.65 Å². The van der Waals surface area contributed by atoms with Crippen molar-refractivity contribution in [1.29, 1.82) is 0 Å². The van der Waals surface area contributed by atoms with Gasteiger partial charge in [-0.05, 0) is 65.5 Å². The number of hydrogen-bond acceptors (Lipinski definition) is 3. The van der Waals surface area contributed by atoms with E-state index in [4.69, 9.17) is 0 Å². The molecule has 0 saturated heterocycles. The van der Waals surface area contributed by atoms with Crippen molar-refractivity contribution in [3.63, 3.8) is 0 Å². The van der Waals surface area contributed by atoms with Gasteiger partial charge in [0.2, 0.25) is 0 Å². The van der Waals surface area contributed by atoms with Crippen molar-refractivity contribution >= 4 is 33.3 Å². The molecule has 3 rings (SSSR count). The van der Waals surface area contributed by atoms with Crippen molar-refractivity contribution < 1.29 is 4.79 Å². The minimum Gasteiger partial charge on any atom is -0.305 e. The molecular formula is C17H17BrN4O. The second kappa shape index (κ2) is 6.12. The summed E-state index contributed by atoms with van der Waals surface area (Å²) in [5.41, 5.74) is 4.15. The summed E-state index contributed by atoms with van der Waals surface area (Å²) in [4.78, 5) is 21.6. The van der Waals surface area contributed by atoms with E-state index in [1.54, 1.807) is 6.20 Å². The molecule has 0 fully saturated rings. The zero-order valence-corrected chi connectivity index (χ0v) is 14.8. The lowest BCUT2D eigenvalue weighted by Gasteiger charge is -2.07. The van der Waals surface area contributed by atoms with Gasteiger partial charge in [-0.25, -0.2) is 9.97 Å². The van der Waals surface area contributed by atoms with Gasteiger partial charge in [0, 0.05) is 12.4 Å². The summed E-state index contributed by atoms with van der Waals surface area (Å²) in [7, 11) is 0. The highest BCUT2D eigenvalue weighted by Crippen LogP contribution is 2.23. The molecule has 0 saturated carbocycles. The molecule has 0 aliphatic carbocycles. The largest absolute Gasteiger partial charge is 0.305 e. The summed E-state index contributed by atoms with van der Waals surface area (Å²) in [6, 6.07) is 5.72. The molecule has 3 aromatic heterocycles. The molecule has 0 spiro atoms. The van der Waals surface area contributed by atoms with Crippen LogP contribution in [0.1, 0.15) is 34.2 Å². The van der Waals surface area contributed by atoms with Crippen LogP contribution in [0.5, 0.6) is 0 Å². The SMILES string of the molecule is CCc1nc2c(Br)cc(C)cn2c1C(=O)Nc1cc(C)ccn1. The standard InChI is InChI=1S/C17H17BrN4O/c1-4-13-15(17(23)21-14-8-10(2)5-6-19-14)22-9-11(3)7-12(18)16(22)20-13/h5-9H,4H2,1-3H3,(H,19,21,23). The summed E-state index contributed by atoms with van der Waals surface area (Å²) >= 11 is 3.52. The number of fused-ring (bicyclic) bond motifs is 1. The number of carbonyl (C=O) groups is 1. The van der Waals surface area contributed by atoms with Gasteiger partial charge < -0.3 is 5.32 Å². The second-order valence-corrected chi connectivity index (χ2v) is 6.35. The quantitative estimate of drug-likeness (QED) is 0.757. The molecule has 1 amide bonds. The van der Waals surface area contributed by atoms with E-state index in [9.17, 15) is 4.79 Å². The molecule has 23 heavy (non-hydrogen) atoms. The molecule has 0 aromatic carbocycles. The average Bonchev–Trinajstić information content (AvgIpc) is 2.86. The molecular weight excluding hydrogens is 356 g/mol. The maximum Gasteiger partial charge on any atom is 0.275 e. The average molecular weight is 373 g/mol. The highest BCUT2D eigenvalue weighted by molar-refractivity contribution is 9.10. The Labute approximate surface area is 142 Å². The minimum atomic E-state index is -0.204. The van der Waals surface area contributed by atoms with Crippen molar-refractivity contribution in [2.45, 2.75) is 27.2 Å². The van der Waals surface area contributed by atoms with Crippen LogP contribution in [0.4, 0.5) is 5.82 Å². The molecule has 0 aliphatic heterocycles. The van der Waals surface area contributed by atoms with Crippen LogP contribution in [-0.2, 0) is 6.42 Å². The molecule has 0 aliphatic rings. The predicted molar refractivity (Wildman–Crippen MR) is 93.9 cm³/mol. The lowest BCUT2D eigenvalue weighted by Crippen LogP contribution is -2.17. The number of nitrogens with zero attached hydrogens (tertiary/aromatic N) is 3. The van der Waals surface area contributed by atoms with Gasteiger partial charge in [-0.15, -0.1) is 0 Å².